The second-order valence-corrected chi connectivity index (χ2v) is 5.18. The molecule has 1 aliphatic heterocycles. The Morgan fingerprint density at radius 1 is 1.41 bits per heavy atom. The molecule has 2 amide bonds. The largest absolute Gasteiger partial charge is 0.369 e. The molecular formula is C12H17N3O2. The van der Waals surface area contributed by atoms with E-state index in [0.29, 0.717) is 19.4 Å². The number of carbonyl (C=O) groups excluding carboxylic acids is 2. The van der Waals surface area contributed by atoms with Gasteiger partial charge in [-0.05, 0) is 32.6 Å². The molecule has 92 valence electrons. The highest BCUT2D eigenvalue weighted by Gasteiger charge is 2.53. The first kappa shape index (κ1) is 11.9. The van der Waals surface area contributed by atoms with Crippen LogP contribution in [0.1, 0.15) is 32.6 Å². The lowest BCUT2D eigenvalue weighted by Crippen LogP contribution is -2.50. The molecule has 2 rings (SSSR count). The van der Waals surface area contributed by atoms with E-state index in [0.717, 1.165) is 12.8 Å². The van der Waals surface area contributed by atoms with Gasteiger partial charge >= 0.3 is 0 Å². The highest BCUT2D eigenvalue weighted by Crippen LogP contribution is 2.47. The standard InChI is InChI=1S/C12H17N3O2/c1-8-2-3-9(10(14)16)6-15(8)11(17)12(7-13)4-5-12/h8-9H,2-6H2,1H3,(H2,14,16). The highest BCUT2D eigenvalue weighted by molar-refractivity contribution is 5.89. The van der Waals surface area contributed by atoms with Gasteiger partial charge in [0.1, 0.15) is 5.41 Å². The van der Waals surface area contributed by atoms with Crippen molar-refractivity contribution >= 4 is 11.8 Å². The van der Waals surface area contributed by atoms with Gasteiger partial charge in [-0.3, -0.25) is 9.59 Å². The molecule has 0 radical (unpaired) electrons. The van der Waals surface area contributed by atoms with Gasteiger partial charge in [0.25, 0.3) is 0 Å². The van der Waals surface area contributed by atoms with Crippen LogP contribution in [0.5, 0.6) is 0 Å². The number of amides is 2. The summed E-state index contributed by atoms with van der Waals surface area (Å²) in [5, 5.41) is 9.03. The van der Waals surface area contributed by atoms with Crippen LogP contribution in [0, 0.1) is 22.7 Å². The number of nitrogens with zero attached hydrogens (tertiary/aromatic N) is 2. The van der Waals surface area contributed by atoms with Crippen LogP contribution < -0.4 is 5.73 Å². The van der Waals surface area contributed by atoms with E-state index in [1.165, 1.54) is 0 Å². The lowest BCUT2D eigenvalue weighted by Gasteiger charge is -2.38. The first-order valence-electron chi connectivity index (χ1n) is 6.02. The minimum Gasteiger partial charge on any atom is -0.369 e. The van der Waals surface area contributed by atoms with Crippen molar-refractivity contribution in [3.63, 3.8) is 0 Å². The molecule has 5 nitrogen and oxygen atoms in total. The zero-order valence-corrected chi connectivity index (χ0v) is 9.98. The number of hydrogen-bond donors (Lipinski definition) is 1. The number of primary amides is 1. The monoisotopic (exact) mass is 235 g/mol. The zero-order valence-electron chi connectivity index (χ0n) is 9.98. The summed E-state index contributed by atoms with van der Waals surface area (Å²) in [6.45, 7) is 2.33. The first-order chi connectivity index (χ1) is 8.00. The third kappa shape index (κ3) is 1.99. The van der Waals surface area contributed by atoms with Gasteiger partial charge in [0, 0.05) is 12.6 Å². The Morgan fingerprint density at radius 2 is 2.06 bits per heavy atom. The number of nitriles is 1. The van der Waals surface area contributed by atoms with E-state index in [9.17, 15) is 9.59 Å². The Balaban J connectivity index is 2.11. The van der Waals surface area contributed by atoms with Crippen LogP contribution in [0.4, 0.5) is 0 Å². The van der Waals surface area contributed by atoms with E-state index in [4.69, 9.17) is 11.0 Å². The van der Waals surface area contributed by atoms with Crippen LogP contribution in [0.3, 0.4) is 0 Å². The Labute approximate surface area is 101 Å². The fourth-order valence-electron chi connectivity index (χ4n) is 2.40. The molecule has 2 unspecified atom stereocenters. The molecule has 1 aliphatic carbocycles. The summed E-state index contributed by atoms with van der Waals surface area (Å²) >= 11 is 0. The van der Waals surface area contributed by atoms with Crippen molar-refractivity contribution in [3.05, 3.63) is 0 Å². The lowest BCUT2D eigenvalue weighted by molar-refractivity contribution is -0.141. The Kier molecular flexibility index (Phi) is 2.82. The van der Waals surface area contributed by atoms with Crippen molar-refractivity contribution in [2.24, 2.45) is 17.1 Å². The van der Waals surface area contributed by atoms with Gasteiger partial charge in [-0.15, -0.1) is 0 Å². The van der Waals surface area contributed by atoms with Crippen LogP contribution in [0.2, 0.25) is 0 Å². The summed E-state index contributed by atoms with van der Waals surface area (Å²) in [4.78, 5) is 25.1. The van der Waals surface area contributed by atoms with Crippen molar-refractivity contribution in [1.29, 1.82) is 5.26 Å². The Hall–Kier alpha value is -1.57. The highest BCUT2D eigenvalue weighted by atomic mass is 16.2. The fourth-order valence-corrected chi connectivity index (χ4v) is 2.40. The Morgan fingerprint density at radius 3 is 2.53 bits per heavy atom. The van der Waals surface area contributed by atoms with Gasteiger partial charge < -0.3 is 10.6 Å². The van der Waals surface area contributed by atoms with Gasteiger partial charge in [0.2, 0.25) is 11.8 Å². The molecule has 0 aromatic heterocycles. The summed E-state index contributed by atoms with van der Waals surface area (Å²) in [5.41, 5.74) is 4.49. The number of piperidine rings is 1. The van der Waals surface area contributed by atoms with E-state index < -0.39 is 5.41 Å². The van der Waals surface area contributed by atoms with Crippen molar-refractivity contribution in [1.82, 2.24) is 4.90 Å². The van der Waals surface area contributed by atoms with Crippen LogP contribution in [0.25, 0.3) is 0 Å². The summed E-state index contributed by atoms with van der Waals surface area (Å²) in [7, 11) is 0. The van der Waals surface area contributed by atoms with E-state index in [-0.39, 0.29) is 23.8 Å². The average Bonchev–Trinajstić information content (AvgIpc) is 3.09. The number of hydrogen-bond acceptors (Lipinski definition) is 3. The molecule has 2 N–H and O–H groups in total. The predicted octanol–water partition coefficient (Wildman–Crippen LogP) is 0.403. The van der Waals surface area contributed by atoms with Crippen LogP contribution in [0.15, 0.2) is 0 Å². The van der Waals surface area contributed by atoms with E-state index in [2.05, 4.69) is 6.07 Å². The molecular weight excluding hydrogens is 218 g/mol. The molecule has 5 heteroatoms. The molecule has 0 aromatic carbocycles. The zero-order chi connectivity index (χ0) is 12.6. The van der Waals surface area contributed by atoms with E-state index >= 15 is 0 Å². The first-order valence-corrected chi connectivity index (χ1v) is 6.02. The van der Waals surface area contributed by atoms with Crippen molar-refractivity contribution in [2.75, 3.05) is 6.54 Å². The van der Waals surface area contributed by atoms with Gasteiger partial charge in [0.15, 0.2) is 0 Å². The summed E-state index contributed by atoms with van der Waals surface area (Å²) in [6, 6.07) is 2.21. The second-order valence-electron chi connectivity index (χ2n) is 5.18. The summed E-state index contributed by atoms with van der Waals surface area (Å²) in [5.74, 6) is -0.723. The average molecular weight is 235 g/mol. The smallest absolute Gasteiger partial charge is 0.243 e. The van der Waals surface area contributed by atoms with Gasteiger partial charge in [-0.1, -0.05) is 0 Å². The number of carbonyl (C=O) groups is 2. The van der Waals surface area contributed by atoms with Gasteiger partial charge in [0.05, 0.1) is 12.0 Å². The number of rotatable bonds is 2. The maximum absolute atomic E-state index is 12.2. The fraction of sp³-hybridized carbons (Fsp3) is 0.750. The Bertz CT molecular complexity index is 395. The third-order valence-corrected chi connectivity index (χ3v) is 3.92. The van der Waals surface area contributed by atoms with Crippen LogP contribution in [-0.2, 0) is 9.59 Å². The normalized spacial score (nSPS) is 30.5. The predicted molar refractivity (Wildman–Crippen MR) is 60.4 cm³/mol. The van der Waals surface area contributed by atoms with E-state index in [1.807, 2.05) is 6.92 Å². The van der Waals surface area contributed by atoms with Gasteiger partial charge in [-0.25, -0.2) is 0 Å². The minimum absolute atomic E-state index is 0.101. The molecule has 0 aromatic rings. The van der Waals surface area contributed by atoms with Gasteiger partial charge in [-0.2, -0.15) is 5.26 Å². The summed E-state index contributed by atoms with van der Waals surface area (Å²) in [6.07, 6.45) is 2.81. The van der Waals surface area contributed by atoms with Crippen molar-refractivity contribution in [3.8, 4) is 6.07 Å². The number of likely N-dealkylation sites (tertiary alicyclic amines) is 1. The van der Waals surface area contributed by atoms with Crippen LogP contribution in [-0.4, -0.2) is 29.3 Å². The third-order valence-electron chi connectivity index (χ3n) is 3.92. The molecule has 1 saturated carbocycles. The van der Waals surface area contributed by atoms with Crippen molar-refractivity contribution in [2.45, 2.75) is 38.6 Å². The molecule has 2 aliphatic rings. The maximum Gasteiger partial charge on any atom is 0.243 e. The minimum atomic E-state index is -0.798. The van der Waals surface area contributed by atoms with Crippen molar-refractivity contribution < 1.29 is 9.59 Å². The molecule has 2 atom stereocenters. The number of nitrogens with two attached hydrogens (primary N) is 1. The molecule has 2 fully saturated rings. The molecule has 1 saturated heterocycles. The molecule has 0 spiro atoms. The second kappa shape index (κ2) is 4.02. The van der Waals surface area contributed by atoms with Crippen LogP contribution >= 0.6 is 0 Å². The topological polar surface area (TPSA) is 87.2 Å². The lowest BCUT2D eigenvalue weighted by atomic mass is 9.91. The SMILES string of the molecule is CC1CCC(C(N)=O)CN1C(=O)C1(C#N)CC1. The summed E-state index contributed by atoms with van der Waals surface area (Å²) < 4.78 is 0. The molecule has 17 heavy (non-hydrogen) atoms. The van der Waals surface area contributed by atoms with E-state index in [1.54, 1.807) is 4.90 Å². The molecule has 1 heterocycles. The maximum atomic E-state index is 12.2. The quantitative estimate of drug-likeness (QED) is 0.751. The molecule has 0 bridgehead atoms.